The lowest BCUT2D eigenvalue weighted by Gasteiger charge is -2.48. The molecule has 0 spiro atoms. The summed E-state index contributed by atoms with van der Waals surface area (Å²) in [5.41, 5.74) is 0. The van der Waals surface area contributed by atoms with Crippen molar-refractivity contribution in [3.63, 3.8) is 0 Å². The first kappa shape index (κ1) is 9.13. The van der Waals surface area contributed by atoms with Crippen LogP contribution in [-0.2, 0) is 9.47 Å². The van der Waals surface area contributed by atoms with E-state index in [1.54, 1.807) is 0 Å². The van der Waals surface area contributed by atoms with Crippen molar-refractivity contribution in [2.75, 3.05) is 19.8 Å². The summed E-state index contributed by atoms with van der Waals surface area (Å²) in [5.74, 6) is 0.796. The zero-order valence-corrected chi connectivity index (χ0v) is 8.58. The van der Waals surface area contributed by atoms with Crippen molar-refractivity contribution in [3.8, 4) is 0 Å². The molecule has 3 nitrogen and oxygen atoms in total. The molecule has 0 bridgehead atoms. The maximum atomic E-state index is 5.70. The van der Waals surface area contributed by atoms with Crippen LogP contribution in [0.4, 0.5) is 0 Å². The van der Waals surface area contributed by atoms with Gasteiger partial charge < -0.3 is 14.8 Å². The van der Waals surface area contributed by atoms with Crippen LogP contribution in [0, 0.1) is 5.92 Å². The van der Waals surface area contributed by atoms with Crippen molar-refractivity contribution >= 4 is 0 Å². The zero-order valence-electron chi connectivity index (χ0n) is 8.58. The molecule has 1 saturated carbocycles. The summed E-state index contributed by atoms with van der Waals surface area (Å²) in [6.45, 7) is 2.84. The molecule has 2 saturated heterocycles. The zero-order chi connectivity index (χ0) is 9.38. The van der Waals surface area contributed by atoms with Gasteiger partial charge in [-0.3, -0.25) is 0 Å². The quantitative estimate of drug-likeness (QED) is 0.714. The van der Waals surface area contributed by atoms with E-state index in [1.165, 1.54) is 25.7 Å². The Hall–Kier alpha value is -0.120. The summed E-state index contributed by atoms with van der Waals surface area (Å²) in [5, 5.41) is 3.71. The molecule has 0 aromatic carbocycles. The molecule has 2 aliphatic heterocycles. The van der Waals surface area contributed by atoms with Gasteiger partial charge in [0.25, 0.3) is 0 Å². The van der Waals surface area contributed by atoms with Gasteiger partial charge in [-0.1, -0.05) is 0 Å². The Kier molecular flexibility index (Phi) is 2.48. The van der Waals surface area contributed by atoms with E-state index in [1.807, 2.05) is 0 Å². The monoisotopic (exact) mass is 197 g/mol. The van der Waals surface area contributed by atoms with E-state index in [4.69, 9.17) is 9.47 Å². The van der Waals surface area contributed by atoms with E-state index in [-0.39, 0.29) is 0 Å². The first-order valence-corrected chi connectivity index (χ1v) is 5.89. The SMILES string of the molecule is C1COC2CC(NC3CCOC3)C2C1. The molecule has 2 heterocycles. The first-order valence-electron chi connectivity index (χ1n) is 5.89. The van der Waals surface area contributed by atoms with E-state index < -0.39 is 0 Å². The highest BCUT2D eigenvalue weighted by molar-refractivity contribution is 4.98. The Labute approximate surface area is 85.1 Å². The molecule has 80 valence electrons. The smallest absolute Gasteiger partial charge is 0.0633 e. The first-order chi connectivity index (χ1) is 6.93. The lowest BCUT2D eigenvalue weighted by molar-refractivity contribution is -0.105. The summed E-state index contributed by atoms with van der Waals surface area (Å²) < 4.78 is 11.1. The predicted molar refractivity (Wildman–Crippen MR) is 53.2 cm³/mol. The van der Waals surface area contributed by atoms with Gasteiger partial charge in [-0.05, 0) is 25.7 Å². The van der Waals surface area contributed by atoms with Gasteiger partial charge in [-0.15, -0.1) is 0 Å². The molecule has 3 aliphatic rings. The second-order valence-corrected chi connectivity index (χ2v) is 4.78. The van der Waals surface area contributed by atoms with E-state index in [0.29, 0.717) is 18.2 Å². The van der Waals surface area contributed by atoms with E-state index in [0.717, 1.165) is 25.7 Å². The molecule has 0 radical (unpaired) electrons. The van der Waals surface area contributed by atoms with Gasteiger partial charge in [0.2, 0.25) is 0 Å². The van der Waals surface area contributed by atoms with Gasteiger partial charge in [0, 0.05) is 31.2 Å². The van der Waals surface area contributed by atoms with E-state index in [9.17, 15) is 0 Å². The number of rotatable bonds is 2. The molecule has 0 aromatic heterocycles. The molecule has 1 aliphatic carbocycles. The third-order valence-corrected chi connectivity index (χ3v) is 3.87. The standard InChI is InChI=1S/C11H19NO2/c1-2-9-10(6-11(9)14-4-1)12-8-3-5-13-7-8/h8-12H,1-7H2. The number of fused-ring (bicyclic) bond motifs is 1. The highest BCUT2D eigenvalue weighted by Gasteiger charge is 2.43. The summed E-state index contributed by atoms with van der Waals surface area (Å²) >= 11 is 0. The van der Waals surface area contributed by atoms with Crippen molar-refractivity contribution in [3.05, 3.63) is 0 Å². The molecule has 3 rings (SSSR count). The Bertz CT molecular complexity index is 203. The molecule has 14 heavy (non-hydrogen) atoms. The van der Waals surface area contributed by atoms with Crippen molar-refractivity contribution < 1.29 is 9.47 Å². The highest BCUT2D eigenvalue weighted by atomic mass is 16.5. The highest BCUT2D eigenvalue weighted by Crippen LogP contribution is 2.38. The molecule has 3 fully saturated rings. The molecule has 4 unspecified atom stereocenters. The lowest BCUT2D eigenvalue weighted by Crippen LogP contribution is -2.58. The Morgan fingerprint density at radius 3 is 2.93 bits per heavy atom. The molecule has 3 heteroatoms. The molecular weight excluding hydrogens is 178 g/mol. The normalized spacial score (nSPS) is 47.1. The fraction of sp³-hybridized carbons (Fsp3) is 1.00. The Morgan fingerprint density at radius 2 is 2.14 bits per heavy atom. The van der Waals surface area contributed by atoms with Gasteiger partial charge in [-0.2, -0.15) is 0 Å². The van der Waals surface area contributed by atoms with Crippen molar-refractivity contribution in [1.82, 2.24) is 5.32 Å². The topological polar surface area (TPSA) is 30.5 Å². The van der Waals surface area contributed by atoms with Gasteiger partial charge in [0.05, 0.1) is 12.7 Å². The largest absolute Gasteiger partial charge is 0.380 e. The van der Waals surface area contributed by atoms with Crippen LogP contribution < -0.4 is 5.32 Å². The van der Waals surface area contributed by atoms with Crippen LogP contribution in [-0.4, -0.2) is 38.0 Å². The summed E-state index contributed by atoms with van der Waals surface area (Å²) in [4.78, 5) is 0. The van der Waals surface area contributed by atoms with E-state index >= 15 is 0 Å². The second kappa shape index (κ2) is 3.80. The molecule has 0 aromatic rings. The minimum Gasteiger partial charge on any atom is -0.380 e. The predicted octanol–water partition coefficient (Wildman–Crippen LogP) is 0.932. The average molecular weight is 197 g/mol. The van der Waals surface area contributed by atoms with Gasteiger partial charge in [0.1, 0.15) is 0 Å². The van der Waals surface area contributed by atoms with Gasteiger partial charge in [0.15, 0.2) is 0 Å². The van der Waals surface area contributed by atoms with Crippen molar-refractivity contribution in [2.45, 2.75) is 43.9 Å². The fourth-order valence-corrected chi connectivity index (χ4v) is 2.96. The van der Waals surface area contributed by atoms with Crippen LogP contribution in [0.1, 0.15) is 25.7 Å². The van der Waals surface area contributed by atoms with Crippen LogP contribution in [0.3, 0.4) is 0 Å². The van der Waals surface area contributed by atoms with Crippen LogP contribution in [0.2, 0.25) is 0 Å². The van der Waals surface area contributed by atoms with Crippen LogP contribution in [0.5, 0.6) is 0 Å². The maximum Gasteiger partial charge on any atom is 0.0633 e. The minimum atomic E-state index is 0.573. The molecule has 0 amide bonds. The Morgan fingerprint density at radius 1 is 1.14 bits per heavy atom. The van der Waals surface area contributed by atoms with Crippen molar-refractivity contribution in [2.24, 2.45) is 5.92 Å². The minimum absolute atomic E-state index is 0.573. The van der Waals surface area contributed by atoms with Crippen LogP contribution in [0.25, 0.3) is 0 Å². The number of hydrogen-bond donors (Lipinski definition) is 1. The number of hydrogen-bond acceptors (Lipinski definition) is 3. The molecule has 1 N–H and O–H groups in total. The number of ether oxygens (including phenoxy) is 2. The molecule has 4 atom stereocenters. The van der Waals surface area contributed by atoms with Crippen LogP contribution in [0.15, 0.2) is 0 Å². The third kappa shape index (κ3) is 1.58. The second-order valence-electron chi connectivity index (χ2n) is 4.78. The van der Waals surface area contributed by atoms with Gasteiger partial charge >= 0.3 is 0 Å². The summed E-state index contributed by atoms with van der Waals surface area (Å²) in [6.07, 6.45) is 5.59. The average Bonchev–Trinajstić information content (AvgIpc) is 2.67. The van der Waals surface area contributed by atoms with Crippen molar-refractivity contribution in [1.29, 1.82) is 0 Å². The Balaban J connectivity index is 1.50. The van der Waals surface area contributed by atoms with E-state index in [2.05, 4.69) is 5.32 Å². The summed E-state index contributed by atoms with van der Waals surface area (Å²) in [7, 11) is 0. The summed E-state index contributed by atoms with van der Waals surface area (Å²) in [6, 6.07) is 1.33. The fourth-order valence-electron chi connectivity index (χ4n) is 2.96. The molecular formula is C11H19NO2. The lowest BCUT2D eigenvalue weighted by atomic mass is 9.72. The van der Waals surface area contributed by atoms with Crippen LogP contribution >= 0.6 is 0 Å². The maximum absolute atomic E-state index is 5.70. The van der Waals surface area contributed by atoms with Gasteiger partial charge in [-0.25, -0.2) is 0 Å². The number of nitrogens with one attached hydrogen (secondary N) is 1. The third-order valence-electron chi connectivity index (χ3n) is 3.87.